The summed E-state index contributed by atoms with van der Waals surface area (Å²) in [7, 11) is 0. The Morgan fingerprint density at radius 1 is 1.27 bits per heavy atom. The third-order valence-corrected chi connectivity index (χ3v) is 3.37. The van der Waals surface area contributed by atoms with Gasteiger partial charge in [0, 0.05) is 10.9 Å². The summed E-state index contributed by atoms with van der Waals surface area (Å²) in [4.78, 5) is 0.603. The van der Waals surface area contributed by atoms with E-state index in [1.54, 1.807) is 0 Å². The lowest BCUT2D eigenvalue weighted by atomic mass is 9.95. The molecule has 0 radical (unpaired) electrons. The van der Waals surface area contributed by atoms with Gasteiger partial charge in [0.1, 0.15) is 0 Å². The van der Waals surface area contributed by atoms with E-state index in [2.05, 4.69) is 36.7 Å². The van der Waals surface area contributed by atoms with Gasteiger partial charge in [0.05, 0.1) is 0 Å². The standard InChI is InChI=1S/C9H20BrN/c1-4-7(3)9(11)6-8(10)5-2/h7-9H,4-6,11H2,1-3H3/t7?,8?,9-/m0/s1. The highest BCUT2D eigenvalue weighted by atomic mass is 79.9. The highest BCUT2D eigenvalue weighted by Crippen LogP contribution is 2.16. The molecule has 0 fully saturated rings. The van der Waals surface area contributed by atoms with Gasteiger partial charge in [-0.15, -0.1) is 0 Å². The quantitative estimate of drug-likeness (QED) is 0.711. The van der Waals surface area contributed by atoms with Crippen LogP contribution in [0, 0.1) is 5.92 Å². The van der Waals surface area contributed by atoms with Crippen LogP contribution in [0.3, 0.4) is 0 Å². The Hall–Kier alpha value is 0.440. The molecule has 0 amide bonds. The molecule has 0 aliphatic heterocycles. The largest absolute Gasteiger partial charge is 0.327 e. The van der Waals surface area contributed by atoms with E-state index in [0.29, 0.717) is 16.8 Å². The number of halogens is 1. The molecule has 2 unspecified atom stereocenters. The Morgan fingerprint density at radius 3 is 2.18 bits per heavy atom. The average Bonchev–Trinajstić information content (AvgIpc) is 2.02. The van der Waals surface area contributed by atoms with Gasteiger partial charge >= 0.3 is 0 Å². The Labute approximate surface area is 78.9 Å². The summed E-state index contributed by atoms with van der Waals surface area (Å²) < 4.78 is 0. The molecule has 2 heteroatoms. The van der Waals surface area contributed by atoms with E-state index in [1.165, 1.54) is 12.8 Å². The summed E-state index contributed by atoms with van der Waals surface area (Å²) >= 11 is 3.59. The molecule has 0 rings (SSSR count). The van der Waals surface area contributed by atoms with Gasteiger partial charge in [-0.25, -0.2) is 0 Å². The fourth-order valence-electron chi connectivity index (χ4n) is 0.997. The molecule has 1 nitrogen and oxygen atoms in total. The second-order valence-electron chi connectivity index (χ2n) is 3.29. The Morgan fingerprint density at radius 2 is 1.82 bits per heavy atom. The summed E-state index contributed by atoms with van der Waals surface area (Å²) in [6.07, 6.45) is 3.46. The minimum Gasteiger partial charge on any atom is -0.327 e. The second-order valence-corrected chi connectivity index (χ2v) is 4.59. The van der Waals surface area contributed by atoms with Crippen LogP contribution in [0.5, 0.6) is 0 Å². The summed E-state index contributed by atoms with van der Waals surface area (Å²) in [5.74, 6) is 0.654. The lowest BCUT2D eigenvalue weighted by Crippen LogP contribution is -2.30. The minimum absolute atomic E-state index is 0.365. The molecule has 0 aromatic carbocycles. The van der Waals surface area contributed by atoms with Crippen molar-refractivity contribution in [1.82, 2.24) is 0 Å². The molecule has 0 saturated carbocycles. The van der Waals surface area contributed by atoms with E-state index in [0.717, 1.165) is 6.42 Å². The lowest BCUT2D eigenvalue weighted by molar-refractivity contribution is 0.415. The maximum absolute atomic E-state index is 5.97. The first kappa shape index (κ1) is 11.4. The molecule has 68 valence electrons. The molecule has 0 aromatic heterocycles. The van der Waals surface area contributed by atoms with Crippen molar-refractivity contribution in [3.8, 4) is 0 Å². The van der Waals surface area contributed by atoms with E-state index in [1.807, 2.05) is 0 Å². The zero-order valence-corrected chi connectivity index (χ0v) is 9.39. The van der Waals surface area contributed by atoms with Crippen LogP contribution in [-0.4, -0.2) is 10.9 Å². The van der Waals surface area contributed by atoms with E-state index < -0.39 is 0 Å². The Balaban J connectivity index is 3.58. The molecule has 0 aromatic rings. The van der Waals surface area contributed by atoms with Crippen molar-refractivity contribution in [1.29, 1.82) is 0 Å². The van der Waals surface area contributed by atoms with Crippen LogP contribution in [0.4, 0.5) is 0 Å². The van der Waals surface area contributed by atoms with Gasteiger partial charge in [0.25, 0.3) is 0 Å². The molecule has 2 N–H and O–H groups in total. The molecule has 0 saturated heterocycles. The fourth-order valence-corrected chi connectivity index (χ4v) is 1.43. The third-order valence-electron chi connectivity index (χ3n) is 2.35. The summed E-state index contributed by atoms with van der Waals surface area (Å²) in [6, 6.07) is 0.365. The van der Waals surface area contributed by atoms with E-state index >= 15 is 0 Å². The van der Waals surface area contributed by atoms with Crippen LogP contribution in [0.1, 0.15) is 40.0 Å². The van der Waals surface area contributed by atoms with Crippen molar-refractivity contribution < 1.29 is 0 Å². The predicted molar refractivity (Wildman–Crippen MR) is 55.1 cm³/mol. The Kier molecular flexibility index (Phi) is 6.25. The van der Waals surface area contributed by atoms with Gasteiger partial charge in [-0.2, -0.15) is 0 Å². The van der Waals surface area contributed by atoms with E-state index in [4.69, 9.17) is 5.73 Å². The van der Waals surface area contributed by atoms with Gasteiger partial charge in [-0.1, -0.05) is 43.1 Å². The van der Waals surface area contributed by atoms with Crippen molar-refractivity contribution in [2.24, 2.45) is 11.7 Å². The normalized spacial score (nSPS) is 19.4. The van der Waals surface area contributed by atoms with Crippen LogP contribution >= 0.6 is 15.9 Å². The highest BCUT2D eigenvalue weighted by molar-refractivity contribution is 9.09. The molecular formula is C9H20BrN. The van der Waals surface area contributed by atoms with Crippen LogP contribution in [-0.2, 0) is 0 Å². The molecule has 0 spiro atoms. The SMILES string of the molecule is CCC(Br)C[C@H](N)C(C)CC. The molecule has 0 aliphatic carbocycles. The first-order valence-corrected chi connectivity index (χ1v) is 5.43. The van der Waals surface area contributed by atoms with Crippen molar-refractivity contribution in [3.05, 3.63) is 0 Å². The predicted octanol–water partition coefficient (Wildman–Crippen LogP) is 2.92. The minimum atomic E-state index is 0.365. The van der Waals surface area contributed by atoms with Gasteiger partial charge < -0.3 is 5.73 Å². The molecule has 0 bridgehead atoms. The van der Waals surface area contributed by atoms with Gasteiger partial charge in [0.2, 0.25) is 0 Å². The number of nitrogens with two attached hydrogens (primary N) is 1. The van der Waals surface area contributed by atoms with Crippen molar-refractivity contribution in [2.45, 2.75) is 50.9 Å². The monoisotopic (exact) mass is 221 g/mol. The molecule has 0 heterocycles. The first-order chi connectivity index (χ1) is 5.11. The van der Waals surface area contributed by atoms with Gasteiger partial charge in [-0.05, 0) is 18.8 Å². The molecule has 3 atom stereocenters. The third kappa shape index (κ3) is 4.81. The maximum Gasteiger partial charge on any atom is 0.0158 e. The van der Waals surface area contributed by atoms with Gasteiger partial charge in [-0.3, -0.25) is 0 Å². The van der Waals surface area contributed by atoms with Crippen molar-refractivity contribution in [3.63, 3.8) is 0 Å². The fraction of sp³-hybridized carbons (Fsp3) is 1.00. The first-order valence-electron chi connectivity index (χ1n) is 4.51. The van der Waals surface area contributed by atoms with Crippen molar-refractivity contribution >= 4 is 15.9 Å². The van der Waals surface area contributed by atoms with E-state index in [9.17, 15) is 0 Å². The number of rotatable bonds is 5. The lowest BCUT2D eigenvalue weighted by Gasteiger charge is -2.20. The van der Waals surface area contributed by atoms with Crippen LogP contribution in [0.15, 0.2) is 0 Å². The molecule has 11 heavy (non-hydrogen) atoms. The molecular weight excluding hydrogens is 202 g/mol. The number of hydrogen-bond donors (Lipinski definition) is 1. The number of alkyl halides is 1. The van der Waals surface area contributed by atoms with Crippen LogP contribution < -0.4 is 5.73 Å². The van der Waals surface area contributed by atoms with Crippen LogP contribution in [0.25, 0.3) is 0 Å². The Bertz CT molecular complexity index is 95.6. The zero-order chi connectivity index (χ0) is 8.85. The van der Waals surface area contributed by atoms with Crippen molar-refractivity contribution in [2.75, 3.05) is 0 Å². The second kappa shape index (κ2) is 6.01. The van der Waals surface area contributed by atoms with Gasteiger partial charge in [0.15, 0.2) is 0 Å². The van der Waals surface area contributed by atoms with E-state index in [-0.39, 0.29) is 0 Å². The smallest absolute Gasteiger partial charge is 0.0158 e. The molecule has 0 aliphatic rings. The topological polar surface area (TPSA) is 26.0 Å². The summed E-state index contributed by atoms with van der Waals surface area (Å²) in [6.45, 7) is 6.60. The summed E-state index contributed by atoms with van der Waals surface area (Å²) in [5.41, 5.74) is 5.97. The maximum atomic E-state index is 5.97. The van der Waals surface area contributed by atoms with Crippen LogP contribution in [0.2, 0.25) is 0 Å². The summed E-state index contributed by atoms with van der Waals surface area (Å²) in [5, 5.41) is 0. The number of hydrogen-bond acceptors (Lipinski definition) is 1. The highest BCUT2D eigenvalue weighted by Gasteiger charge is 2.13. The average molecular weight is 222 g/mol. The zero-order valence-electron chi connectivity index (χ0n) is 7.81.